The lowest BCUT2D eigenvalue weighted by Gasteiger charge is -2.12. The third-order valence-electron chi connectivity index (χ3n) is 2.72. The largest absolute Gasteiger partial charge is 0.478 e. The van der Waals surface area contributed by atoms with Gasteiger partial charge in [0.1, 0.15) is 0 Å². The first-order valence-electron chi connectivity index (χ1n) is 6.57. The Hall–Kier alpha value is -2.94. The number of hydrogen-bond donors (Lipinski definition) is 3. The van der Waals surface area contributed by atoms with Crippen LogP contribution in [0.25, 0.3) is 0 Å². The van der Waals surface area contributed by atoms with Crippen molar-refractivity contribution in [2.24, 2.45) is 0 Å². The zero-order chi connectivity index (χ0) is 17.6. The molecular formula is C14H15NO8. The van der Waals surface area contributed by atoms with Crippen molar-refractivity contribution >= 4 is 23.8 Å². The molecule has 0 aliphatic carbocycles. The van der Waals surface area contributed by atoms with Crippen molar-refractivity contribution in [2.75, 3.05) is 13.2 Å². The van der Waals surface area contributed by atoms with Crippen LogP contribution in [0.1, 0.15) is 55.3 Å². The molecule has 0 atom stereocenters. The number of carbonyl (C=O) groups excluding carboxylic acids is 3. The molecule has 0 saturated carbocycles. The number of benzene rings is 1. The van der Waals surface area contributed by atoms with Crippen LogP contribution in [0.3, 0.4) is 0 Å². The Bertz CT molecular complexity index is 652. The molecule has 0 saturated heterocycles. The van der Waals surface area contributed by atoms with Crippen molar-refractivity contribution in [1.82, 2.24) is 5.48 Å². The number of amides is 1. The lowest BCUT2D eigenvalue weighted by molar-refractivity contribution is 0.0477. The van der Waals surface area contributed by atoms with Gasteiger partial charge in [0.2, 0.25) is 0 Å². The average Bonchev–Trinajstić information content (AvgIpc) is 2.53. The standard InChI is InChI=1S/C14H15NO8/c1-3-22-13(19)9-5-7(11(16)15-21)8(12(17)18)6-10(9)14(20)23-4-2/h5-6,21H,3-4H2,1-2H3,(H,15,16)(H,17,18). The number of hydroxylamine groups is 1. The molecule has 0 aliphatic rings. The molecule has 0 aromatic heterocycles. The van der Waals surface area contributed by atoms with E-state index in [1.807, 2.05) is 0 Å². The van der Waals surface area contributed by atoms with Gasteiger partial charge in [-0.1, -0.05) is 0 Å². The average molecular weight is 325 g/mol. The normalized spacial score (nSPS) is 9.87. The van der Waals surface area contributed by atoms with Gasteiger partial charge in [0, 0.05) is 0 Å². The summed E-state index contributed by atoms with van der Waals surface area (Å²) < 4.78 is 9.55. The van der Waals surface area contributed by atoms with Crippen molar-refractivity contribution < 1.29 is 39.0 Å². The van der Waals surface area contributed by atoms with Gasteiger partial charge in [0.15, 0.2) is 0 Å². The van der Waals surface area contributed by atoms with E-state index in [4.69, 9.17) is 19.8 Å². The van der Waals surface area contributed by atoms with Gasteiger partial charge in [-0.2, -0.15) is 0 Å². The molecule has 0 aliphatic heterocycles. The number of aromatic carboxylic acids is 1. The number of ether oxygens (including phenoxy) is 2. The molecule has 1 rings (SSSR count). The number of nitrogens with one attached hydrogen (secondary N) is 1. The topological polar surface area (TPSA) is 139 Å². The van der Waals surface area contributed by atoms with Gasteiger partial charge in [-0.15, -0.1) is 0 Å². The van der Waals surface area contributed by atoms with E-state index in [0.29, 0.717) is 0 Å². The van der Waals surface area contributed by atoms with Gasteiger partial charge in [-0.05, 0) is 26.0 Å². The van der Waals surface area contributed by atoms with Crippen molar-refractivity contribution in [3.8, 4) is 0 Å². The number of carboxylic acid groups (broad SMARTS) is 1. The molecule has 0 bridgehead atoms. The molecular weight excluding hydrogens is 310 g/mol. The highest BCUT2D eigenvalue weighted by atomic mass is 16.5. The summed E-state index contributed by atoms with van der Waals surface area (Å²) in [7, 11) is 0. The molecule has 0 spiro atoms. The number of esters is 2. The summed E-state index contributed by atoms with van der Waals surface area (Å²) in [6.07, 6.45) is 0. The van der Waals surface area contributed by atoms with Crippen molar-refractivity contribution in [3.63, 3.8) is 0 Å². The Morgan fingerprint density at radius 2 is 1.35 bits per heavy atom. The van der Waals surface area contributed by atoms with Crippen LogP contribution in [-0.4, -0.2) is 47.3 Å². The quantitative estimate of drug-likeness (QED) is 0.397. The number of carbonyl (C=O) groups is 4. The molecule has 3 N–H and O–H groups in total. The van der Waals surface area contributed by atoms with E-state index in [1.165, 1.54) is 19.3 Å². The van der Waals surface area contributed by atoms with Crippen LogP contribution >= 0.6 is 0 Å². The Morgan fingerprint density at radius 3 is 1.70 bits per heavy atom. The third-order valence-corrected chi connectivity index (χ3v) is 2.72. The van der Waals surface area contributed by atoms with Crippen LogP contribution in [0.4, 0.5) is 0 Å². The second-order valence-electron chi connectivity index (χ2n) is 4.13. The number of hydrogen-bond acceptors (Lipinski definition) is 7. The van der Waals surface area contributed by atoms with Crippen LogP contribution in [0.5, 0.6) is 0 Å². The highest BCUT2D eigenvalue weighted by Crippen LogP contribution is 2.20. The van der Waals surface area contributed by atoms with Gasteiger partial charge in [0.05, 0.1) is 35.5 Å². The van der Waals surface area contributed by atoms with E-state index in [-0.39, 0.29) is 24.3 Å². The summed E-state index contributed by atoms with van der Waals surface area (Å²) in [5.74, 6) is -4.54. The van der Waals surface area contributed by atoms with Gasteiger partial charge in [-0.3, -0.25) is 10.0 Å². The Morgan fingerprint density at radius 1 is 0.913 bits per heavy atom. The van der Waals surface area contributed by atoms with Crippen molar-refractivity contribution in [1.29, 1.82) is 0 Å². The molecule has 1 aromatic rings. The van der Waals surface area contributed by atoms with E-state index < -0.39 is 34.9 Å². The highest BCUT2D eigenvalue weighted by molar-refractivity contribution is 6.10. The van der Waals surface area contributed by atoms with E-state index in [9.17, 15) is 19.2 Å². The fourth-order valence-corrected chi connectivity index (χ4v) is 1.78. The van der Waals surface area contributed by atoms with E-state index in [0.717, 1.165) is 12.1 Å². The zero-order valence-corrected chi connectivity index (χ0v) is 12.4. The van der Waals surface area contributed by atoms with Gasteiger partial charge in [0.25, 0.3) is 5.91 Å². The highest BCUT2D eigenvalue weighted by Gasteiger charge is 2.26. The minimum atomic E-state index is -1.52. The second kappa shape index (κ2) is 7.90. The lowest BCUT2D eigenvalue weighted by atomic mass is 9.97. The Kier molecular flexibility index (Phi) is 6.22. The smallest absolute Gasteiger partial charge is 0.339 e. The maximum atomic E-state index is 11.9. The predicted octanol–water partition coefficient (Wildman–Crippen LogP) is 0.857. The number of carboxylic acids is 1. The van der Waals surface area contributed by atoms with E-state index >= 15 is 0 Å². The number of rotatable bonds is 6. The summed E-state index contributed by atoms with van der Waals surface area (Å²) in [6.45, 7) is 3.08. The van der Waals surface area contributed by atoms with Crippen LogP contribution in [0.15, 0.2) is 12.1 Å². The van der Waals surface area contributed by atoms with Crippen LogP contribution in [0.2, 0.25) is 0 Å². The molecule has 1 amide bonds. The summed E-state index contributed by atoms with van der Waals surface area (Å²) in [6, 6.07) is 1.69. The summed E-state index contributed by atoms with van der Waals surface area (Å²) in [5, 5.41) is 17.8. The lowest BCUT2D eigenvalue weighted by Crippen LogP contribution is -2.24. The first kappa shape index (κ1) is 18.1. The van der Waals surface area contributed by atoms with E-state index in [2.05, 4.69) is 0 Å². The Balaban J connectivity index is 3.62. The monoisotopic (exact) mass is 325 g/mol. The molecule has 9 heteroatoms. The molecule has 124 valence electrons. The Labute approximate surface area is 130 Å². The summed E-state index contributed by atoms with van der Waals surface area (Å²) >= 11 is 0. The molecule has 9 nitrogen and oxygen atoms in total. The molecule has 0 heterocycles. The predicted molar refractivity (Wildman–Crippen MR) is 74.6 cm³/mol. The molecule has 0 fully saturated rings. The molecule has 0 radical (unpaired) electrons. The second-order valence-corrected chi connectivity index (χ2v) is 4.13. The molecule has 0 unspecified atom stereocenters. The van der Waals surface area contributed by atoms with Crippen LogP contribution in [-0.2, 0) is 9.47 Å². The van der Waals surface area contributed by atoms with Crippen molar-refractivity contribution in [3.05, 3.63) is 34.4 Å². The maximum absolute atomic E-state index is 11.9. The first-order valence-corrected chi connectivity index (χ1v) is 6.57. The summed E-state index contributed by atoms with van der Waals surface area (Å²) in [5.41, 5.74) is -0.491. The van der Waals surface area contributed by atoms with Gasteiger partial charge in [-0.25, -0.2) is 19.9 Å². The minimum Gasteiger partial charge on any atom is -0.478 e. The molecule has 1 aromatic carbocycles. The third kappa shape index (κ3) is 4.04. The fraction of sp³-hybridized carbons (Fsp3) is 0.286. The SMILES string of the molecule is CCOC(=O)c1cc(C(=O)O)c(C(=O)NO)cc1C(=O)OCC. The van der Waals surface area contributed by atoms with Gasteiger partial charge >= 0.3 is 17.9 Å². The minimum absolute atomic E-state index is 0.00236. The van der Waals surface area contributed by atoms with Crippen molar-refractivity contribution in [2.45, 2.75) is 13.8 Å². The maximum Gasteiger partial charge on any atom is 0.339 e. The summed E-state index contributed by atoms with van der Waals surface area (Å²) in [4.78, 5) is 46.7. The zero-order valence-electron chi connectivity index (χ0n) is 12.4. The fourth-order valence-electron chi connectivity index (χ4n) is 1.78. The van der Waals surface area contributed by atoms with Crippen LogP contribution < -0.4 is 5.48 Å². The molecule has 23 heavy (non-hydrogen) atoms. The van der Waals surface area contributed by atoms with E-state index in [1.54, 1.807) is 0 Å². The van der Waals surface area contributed by atoms with Crippen LogP contribution in [0, 0.1) is 0 Å². The van der Waals surface area contributed by atoms with Gasteiger partial charge < -0.3 is 14.6 Å². The first-order chi connectivity index (χ1) is 10.9.